The van der Waals surface area contributed by atoms with Crippen molar-refractivity contribution in [3.63, 3.8) is 0 Å². The Balaban J connectivity index is 2.35. The second-order valence-corrected chi connectivity index (χ2v) is 16.5. The van der Waals surface area contributed by atoms with E-state index < -0.39 is 18.0 Å². The van der Waals surface area contributed by atoms with Gasteiger partial charge >= 0.3 is 11.9 Å². The third-order valence-corrected chi connectivity index (χ3v) is 10.8. The number of amides is 1. The van der Waals surface area contributed by atoms with E-state index in [-0.39, 0.29) is 37.3 Å². The van der Waals surface area contributed by atoms with Crippen molar-refractivity contribution in [2.45, 2.75) is 199 Å². The highest BCUT2D eigenvalue weighted by atomic mass is 16.5. The Morgan fingerprint density at radius 1 is 0.593 bits per heavy atom. The molecule has 1 aliphatic rings. The Morgan fingerprint density at radius 2 is 1.02 bits per heavy atom. The van der Waals surface area contributed by atoms with Gasteiger partial charge in [-0.25, -0.2) is 0 Å². The molecular weight excluding hydrogens is 741 g/mol. The number of nitrogens with one attached hydrogen (secondary N) is 1. The van der Waals surface area contributed by atoms with Crippen LogP contribution in [0.5, 0.6) is 0 Å². The second-order valence-electron chi connectivity index (χ2n) is 16.5. The number of ether oxygens (including phenoxy) is 3. The Morgan fingerprint density at radius 3 is 1.44 bits per heavy atom. The van der Waals surface area contributed by atoms with E-state index >= 15 is 0 Å². The van der Waals surface area contributed by atoms with Crippen molar-refractivity contribution in [1.82, 2.24) is 10.2 Å². The summed E-state index contributed by atoms with van der Waals surface area (Å²) in [7, 11) is 1.61. The van der Waals surface area contributed by atoms with Crippen molar-refractivity contribution < 1.29 is 33.4 Å². The van der Waals surface area contributed by atoms with Crippen molar-refractivity contribution in [3.05, 3.63) is 48.6 Å². The molecule has 0 saturated carbocycles. The molecule has 9 nitrogen and oxygen atoms in total. The molecule has 0 spiro atoms. The van der Waals surface area contributed by atoms with Gasteiger partial charge in [-0.1, -0.05) is 140 Å². The fourth-order valence-corrected chi connectivity index (χ4v) is 7.30. The lowest BCUT2D eigenvalue weighted by Gasteiger charge is -2.34. The molecule has 1 saturated heterocycles. The van der Waals surface area contributed by atoms with E-state index in [4.69, 9.17) is 14.2 Å². The van der Waals surface area contributed by atoms with Crippen LogP contribution in [0.15, 0.2) is 48.6 Å². The average molecular weight is 827 g/mol. The molecule has 1 amide bonds. The molecule has 2 atom stereocenters. The summed E-state index contributed by atoms with van der Waals surface area (Å²) in [5.41, 5.74) is 0. The van der Waals surface area contributed by atoms with Crippen LogP contribution in [0.25, 0.3) is 0 Å². The highest BCUT2D eigenvalue weighted by Gasteiger charge is 2.29. The van der Waals surface area contributed by atoms with Crippen LogP contribution in [0.3, 0.4) is 0 Å². The van der Waals surface area contributed by atoms with Crippen molar-refractivity contribution >= 4 is 24.1 Å². The predicted molar refractivity (Wildman–Crippen MR) is 243 cm³/mol. The first-order valence-electron chi connectivity index (χ1n) is 23.8. The minimum atomic E-state index is -0.737. The van der Waals surface area contributed by atoms with Crippen LogP contribution >= 0.6 is 0 Å². The zero-order valence-corrected chi connectivity index (χ0v) is 37.9. The summed E-state index contributed by atoms with van der Waals surface area (Å²) in [6.07, 6.45) is 46.7. The highest BCUT2D eigenvalue weighted by Crippen LogP contribution is 2.17. The van der Waals surface area contributed by atoms with Crippen LogP contribution < -0.4 is 5.32 Å². The Bertz CT molecular complexity index is 1100. The van der Waals surface area contributed by atoms with Gasteiger partial charge in [0.15, 0.2) is 0 Å². The number of allylic oxidation sites excluding steroid dienone is 8. The Hall–Kier alpha value is -3.04. The van der Waals surface area contributed by atoms with Crippen molar-refractivity contribution in [3.8, 4) is 0 Å². The summed E-state index contributed by atoms with van der Waals surface area (Å²) >= 11 is 0. The number of carbonyl (C=O) groups excluding carboxylic acids is 4. The van der Waals surface area contributed by atoms with Gasteiger partial charge in [0.1, 0.15) is 6.29 Å². The van der Waals surface area contributed by atoms with Gasteiger partial charge < -0.3 is 24.3 Å². The Labute approximate surface area is 360 Å². The summed E-state index contributed by atoms with van der Waals surface area (Å²) in [6, 6.07) is -0.737. The molecule has 0 radical (unpaired) electrons. The van der Waals surface area contributed by atoms with Gasteiger partial charge in [-0.2, -0.15) is 0 Å². The first-order chi connectivity index (χ1) is 28.9. The monoisotopic (exact) mass is 827 g/mol. The third kappa shape index (κ3) is 34.4. The molecule has 0 aliphatic carbocycles. The summed E-state index contributed by atoms with van der Waals surface area (Å²) in [5, 5.41) is 2.88. The number of nitrogens with zero attached hydrogens (tertiary/aromatic N) is 1. The van der Waals surface area contributed by atoms with Gasteiger partial charge in [0.05, 0.1) is 38.7 Å². The van der Waals surface area contributed by atoms with Crippen LogP contribution in [-0.4, -0.2) is 81.1 Å². The number of aldehydes is 1. The molecular formula is C50H86N2O7. The molecule has 0 aromatic rings. The van der Waals surface area contributed by atoms with Gasteiger partial charge in [-0.3, -0.25) is 19.3 Å². The van der Waals surface area contributed by atoms with Crippen molar-refractivity contribution in [2.24, 2.45) is 5.92 Å². The lowest BCUT2D eigenvalue weighted by molar-refractivity contribution is -0.146. The number of carbonyl (C=O) groups is 4. The lowest BCUT2D eigenvalue weighted by Crippen LogP contribution is -2.50. The van der Waals surface area contributed by atoms with Crippen LogP contribution in [0.4, 0.5) is 0 Å². The average Bonchev–Trinajstić information content (AvgIpc) is 3.22. The maximum atomic E-state index is 13.1. The van der Waals surface area contributed by atoms with Crippen LogP contribution in [0.2, 0.25) is 0 Å². The van der Waals surface area contributed by atoms with Gasteiger partial charge in [-0.15, -0.1) is 0 Å². The minimum absolute atomic E-state index is 0.0461. The summed E-state index contributed by atoms with van der Waals surface area (Å²) < 4.78 is 16.5. The summed E-state index contributed by atoms with van der Waals surface area (Å²) in [4.78, 5) is 52.2. The molecule has 0 aromatic heterocycles. The molecule has 1 fully saturated rings. The van der Waals surface area contributed by atoms with Gasteiger partial charge in [0, 0.05) is 32.2 Å². The highest BCUT2D eigenvalue weighted by molar-refractivity contribution is 5.81. The predicted octanol–water partition coefficient (Wildman–Crippen LogP) is 11.5. The summed E-state index contributed by atoms with van der Waals surface area (Å²) in [5.74, 6) is -1.39. The van der Waals surface area contributed by atoms with Crippen molar-refractivity contribution in [1.29, 1.82) is 0 Å². The molecule has 0 bridgehead atoms. The van der Waals surface area contributed by atoms with Crippen LogP contribution in [0, 0.1) is 5.92 Å². The van der Waals surface area contributed by atoms with Gasteiger partial charge in [-0.05, 0) is 83.5 Å². The molecule has 1 N–H and O–H groups in total. The van der Waals surface area contributed by atoms with E-state index in [9.17, 15) is 19.2 Å². The third-order valence-electron chi connectivity index (χ3n) is 10.8. The number of rotatable bonds is 39. The topological polar surface area (TPSA) is 111 Å². The van der Waals surface area contributed by atoms with Crippen LogP contribution in [-0.2, 0) is 33.4 Å². The SMILES string of the molecule is CCCCC/C=C\C/C=C\CCCCCCCCOC(=O)CC(CC(=O)OCCCCCCCC/C=C\C/C=C\CCCCC)NC(=O)CN1CC(C=O)CC(OC)C1. The van der Waals surface area contributed by atoms with Crippen molar-refractivity contribution in [2.75, 3.05) is 40.0 Å². The largest absolute Gasteiger partial charge is 0.466 e. The number of methoxy groups -OCH3 is 1. The molecule has 1 aliphatic heterocycles. The smallest absolute Gasteiger partial charge is 0.307 e. The van der Waals surface area contributed by atoms with Crippen LogP contribution in [0.1, 0.15) is 187 Å². The zero-order valence-electron chi connectivity index (χ0n) is 37.9. The van der Waals surface area contributed by atoms with Gasteiger partial charge in [0.2, 0.25) is 5.91 Å². The number of hydrogen-bond acceptors (Lipinski definition) is 8. The fourth-order valence-electron chi connectivity index (χ4n) is 7.30. The van der Waals surface area contributed by atoms with E-state index in [1.807, 2.05) is 4.90 Å². The van der Waals surface area contributed by atoms with E-state index in [2.05, 4.69) is 67.8 Å². The molecule has 9 heteroatoms. The van der Waals surface area contributed by atoms with E-state index in [1.165, 1.54) is 89.9 Å². The first-order valence-corrected chi connectivity index (χ1v) is 23.8. The maximum Gasteiger partial charge on any atom is 0.307 e. The van der Waals surface area contributed by atoms with E-state index in [0.29, 0.717) is 32.7 Å². The number of piperidine rings is 1. The molecule has 2 unspecified atom stereocenters. The number of likely N-dealkylation sites (tertiary alicyclic amines) is 1. The maximum absolute atomic E-state index is 13.1. The molecule has 338 valence electrons. The normalized spacial score (nSPS) is 16.3. The summed E-state index contributed by atoms with van der Waals surface area (Å²) in [6.45, 7) is 6.16. The molecule has 1 heterocycles. The van der Waals surface area contributed by atoms with E-state index in [1.54, 1.807) is 7.11 Å². The molecule has 0 aromatic carbocycles. The molecule has 59 heavy (non-hydrogen) atoms. The zero-order chi connectivity index (χ0) is 42.9. The second kappa shape index (κ2) is 40.4. The number of hydrogen-bond donors (Lipinski definition) is 1. The minimum Gasteiger partial charge on any atom is -0.466 e. The van der Waals surface area contributed by atoms with Gasteiger partial charge in [0.25, 0.3) is 0 Å². The van der Waals surface area contributed by atoms with E-state index in [0.717, 1.165) is 70.5 Å². The fraction of sp³-hybridized carbons (Fsp3) is 0.760. The Kier molecular flexibility index (Phi) is 36.9. The number of esters is 2. The quantitative estimate of drug-likeness (QED) is 0.0282. The molecule has 1 rings (SSSR count). The first kappa shape index (κ1) is 54.0. The number of unbranched alkanes of at least 4 members (excludes halogenated alkanes) is 18. The lowest BCUT2D eigenvalue weighted by atomic mass is 9.97. The standard InChI is InChI=1S/C50H86N2O7/c1-4-6-8-10-12-14-16-18-20-22-24-26-28-30-32-34-36-58-49(55)39-46(51-48(54)43-52-41-45(44-53)38-47(42-52)57-3)40-50(56)59-37-35-33-31-29-27-25-23-21-19-17-15-13-11-9-7-5-2/h12-15,18-21,44-47H,4-11,16-17,22-43H2,1-3H3,(H,51,54)/b14-12-,15-13-,20-18-,21-19-.